The quantitative estimate of drug-likeness (QED) is 0.429. The monoisotopic (exact) mass is 406 g/mol. The van der Waals surface area contributed by atoms with Crippen LogP contribution in [0.15, 0.2) is 24.3 Å². The zero-order valence-electron chi connectivity index (χ0n) is 21.8. The maximum Gasteiger partial charge on any atom is -0.0109 e. The molecule has 0 atom stereocenters. The lowest BCUT2D eigenvalue weighted by molar-refractivity contribution is 0.791. The number of hydrogen-bond donors (Lipinski definition) is 0. The zero-order valence-corrected chi connectivity index (χ0v) is 21.8. The summed E-state index contributed by atoms with van der Waals surface area (Å²) >= 11 is 0. The molecule has 0 heteroatoms. The minimum atomic E-state index is 0.501. The molecular weight excluding hydrogens is 360 g/mol. The van der Waals surface area contributed by atoms with Gasteiger partial charge in [0, 0.05) is 0 Å². The lowest BCUT2D eigenvalue weighted by Crippen LogP contribution is -2.09. The molecule has 0 aliphatic rings. The van der Waals surface area contributed by atoms with E-state index in [0.29, 0.717) is 35.5 Å². The molecule has 0 bridgehead atoms. The summed E-state index contributed by atoms with van der Waals surface area (Å²) in [6.07, 6.45) is 0. The number of hydrogen-bond acceptors (Lipinski definition) is 0. The molecule has 2 rings (SSSR count). The Morgan fingerprint density at radius 2 is 0.533 bits per heavy atom. The SMILES string of the molecule is CC(C)c1cc(C(C)C)c(-c2c(C(C)C)cc(C(C)C)cc2C(C)C)c(C(C)C)c1. The van der Waals surface area contributed by atoms with Gasteiger partial charge < -0.3 is 0 Å². The van der Waals surface area contributed by atoms with Gasteiger partial charge >= 0.3 is 0 Å². The molecule has 2 aromatic carbocycles. The van der Waals surface area contributed by atoms with Crippen LogP contribution in [0, 0.1) is 0 Å². The first-order valence-corrected chi connectivity index (χ1v) is 12.2. The van der Waals surface area contributed by atoms with Gasteiger partial charge in [-0.15, -0.1) is 0 Å². The van der Waals surface area contributed by atoms with Crippen molar-refractivity contribution in [3.63, 3.8) is 0 Å². The van der Waals surface area contributed by atoms with Crippen molar-refractivity contribution in [3.8, 4) is 11.1 Å². The molecule has 0 fully saturated rings. The summed E-state index contributed by atoms with van der Waals surface area (Å²) < 4.78 is 0. The van der Waals surface area contributed by atoms with Crippen molar-refractivity contribution in [1.29, 1.82) is 0 Å². The van der Waals surface area contributed by atoms with Crippen LogP contribution in [-0.2, 0) is 0 Å². The normalized spacial score (nSPS) is 12.5. The van der Waals surface area contributed by atoms with Crippen molar-refractivity contribution in [3.05, 3.63) is 57.6 Å². The van der Waals surface area contributed by atoms with Gasteiger partial charge in [0.1, 0.15) is 0 Å². The van der Waals surface area contributed by atoms with Crippen LogP contribution < -0.4 is 0 Å². The topological polar surface area (TPSA) is 0 Å². The van der Waals surface area contributed by atoms with Gasteiger partial charge in [-0.2, -0.15) is 0 Å². The molecule has 0 nitrogen and oxygen atoms in total. The van der Waals surface area contributed by atoms with Gasteiger partial charge in [0.25, 0.3) is 0 Å². The maximum absolute atomic E-state index is 2.50. The third-order valence-corrected chi connectivity index (χ3v) is 6.51. The maximum atomic E-state index is 2.50. The van der Waals surface area contributed by atoms with Crippen LogP contribution in [0.2, 0.25) is 0 Å². The highest BCUT2D eigenvalue weighted by atomic mass is 14.3. The van der Waals surface area contributed by atoms with E-state index in [1.165, 1.54) is 44.5 Å². The zero-order chi connectivity index (χ0) is 22.9. The van der Waals surface area contributed by atoms with Crippen molar-refractivity contribution >= 4 is 0 Å². The van der Waals surface area contributed by atoms with E-state index in [-0.39, 0.29) is 0 Å². The molecule has 30 heavy (non-hydrogen) atoms. The van der Waals surface area contributed by atoms with Crippen LogP contribution in [0.5, 0.6) is 0 Å². The second-order valence-electron chi connectivity index (χ2n) is 11.1. The van der Waals surface area contributed by atoms with Crippen LogP contribution >= 0.6 is 0 Å². The van der Waals surface area contributed by atoms with Gasteiger partial charge in [-0.25, -0.2) is 0 Å². The molecule has 0 amide bonds. The van der Waals surface area contributed by atoms with Crippen LogP contribution in [0.25, 0.3) is 11.1 Å². The van der Waals surface area contributed by atoms with Crippen molar-refractivity contribution in [1.82, 2.24) is 0 Å². The average molecular weight is 407 g/mol. The average Bonchev–Trinajstić information content (AvgIpc) is 2.65. The second kappa shape index (κ2) is 9.71. The summed E-state index contributed by atoms with van der Waals surface area (Å²) in [5.41, 5.74) is 12.1. The summed E-state index contributed by atoms with van der Waals surface area (Å²) in [7, 11) is 0. The molecule has 0 aliphatic carbocycles. The molecule has 2 aromatic rings. The van der Waals surface area contributed by atoms with Crippen LogP contribution in [-0.4, -0.2) is 0 Å². The highest BCUT2D eigenvalue weighted by Gasteiger charge is 2.25. The van der Waals surface area contributed by atoms with Gasteiger partial charge in [0.2, 0.25) is 0 Å². The summed E-state index contributed by atoms with van der Waals surface area (Å²) in [5, 5.41) is 0. The third kappa shape index (κ3) is 5.01. The van der Waals surface area contributed by atoms with E-state index in [4.69, 9.17) is 0 Å². The first-order valence-electron chi connectivity index (χ1n) is 12.2. The predicted molar refractivity (Wildman–Crippen MR) is 136 cm³/mol. The molecule has 0 heterocycles. The molecule has 166 valence electrons. The van der Waals surface area contributed by atoms with Gasteiger partial charge in [0.15, 0.2) is 0 Å². The predicted octanol–water partition coefficient (Wildman–Crippen LogP) is 10.1. The van der Waals surface area contributed by atoms with Crippen molar-refractivity contribution in [2.75, 3.05) is 0 Å². The molecule has 0 radical (unpaired) electrons. The molecule has 0 unspecified atom stereocenters. The van der Waals surface area contributed by atoms with Crippen molar-refractivity contribution < 1.29 is 0 Å². The first kappa shape index (κ1) is 24.7. The second-order valence-corrected chi connectivity index (χ2v) is 11.1. The van der Waals surface area contributed by atoms with Gasteiger partial charge in [-0.05, 0) is 80.0 Å². The van der Waals surface area contributed by atoms with E-state index in [1.807, 2.05) is 0 Å². The summed E-state index contributed by atoms with van der Waals surface area (Å²) in [4.78, 5) is 0. The van der Waals surface area contributed by atoms with E-state index >= 15 is 0 Å². The standard InChI is InChI=1S/C30H46/c1-17(2)23-13-25(19(5)6)29(26(14-23)20(7)8)30-27(21(9)10)15-24(18(3)4)16-28(30)22(11)12/h13-22H,1-12H3. The van der Waals surface area contributed by atoms with E-state index in [0.717, 1.165) is 0 Å². The fourth-order valence-corrected chi connectivity index (χ4v) is 4.49. The molecule has 0 N–H and O–H groups in total. The Morgan fingerprint density at radius 1 is 0.333 bits per heavy atom. The van der Waals surface area contributed by atoms with E-state index in [1.54, 1.807) is 0 Å². The molecule has 0 aliphatic heterocycles. The fourth-order valence-electron chi connectivity index (χ4n) is 4.49. The Bertz CT molecular complexity index is 728. The van der Waals surface area contributed by atoms with E-state index in [2.05, 4.69) is 107 Å². The highest BCUT2D eigenvalue weighted by molar-refractivity contribution is 5.80. The minimum absolute atomic E-state index is 0.501. The molecule has 0 aromatic heterocycles. The van der Waals surface area contributed by atoms with E-state index in [9.17, 15) is 0 Å². The fraction of sp³-hybridized carbons (Fsp3) is 0.600. The van der Waals surface area contributed by atoms with Crippen LogP contribution in [0.3, 0.4) is 0 Å². The van der Waals surface area contributed by atoms with Gasteiger partial charge in [-0.3, -0.25) is 0 Å². The largest absolute Gasteiger partial charge is 0.0587 e. The number of benzene rings is 2. The minimum Gasteiger partial charge on any atom is -0.0587 e. The van der Waals surface area contributed by atoms with Crippen molar-refractivity contribution in [2.24, 2.45) is 0 Å². The Morgan fingerprint density at radius 3 is 0.667 bits per heavy atom. The smallest absolute Gasteiger partial charge is 0.0109 e. The van der Waals surface area contributed by atoms with Crippen LogP contribution in [0.1, 0.15) is 152 Å². The Hall–Kier alpha value is -1.56. The Balaban J connectivity index is 3.08. The van der Waals surface area contributed by atoms with Crippen LogP contribution in [0.4, 0.5) is 0 Å². The van der Waals surface area contributed by atoms with Gasteiger partial charge in [-0.1, -0.05) is 107 Å². The molecular formula is C30H46. The molecule has 0 saturated heterocycles. The van der Waals surface area contributed by atoms with Crippen molar-refractivity contribution in [2.45, 2.75) is 119 Å². The number of rotatable bonds is 7. The highest BCUT2D eigenvalue weighted by Crippen LogP contribution is 2.45. The summed E-state index contributed by atoms with van der Waals surface area (Å²) in [6.45, 7) is 28.2. The lowest BCUT2D eigenvalue weighted by Gasteiger charge is -2.29. The first-order chi connectivity index (χ1) is 13.9. The lowest BCUT2D eigenvalue weighted by atomic mass is 9.75. The summed E-state index contributed by atoms with van der Waals surface area (Å²) in [6, 6.07) is 10.0. The van der Waals surface area contributed by atoms with Gasteiger partial charge in [0.05, 0.1) is 0 Å². The van der Waals surface area contributed by atoms with E-state index < -0.39 is 0 Å². The third-order valence-electron chi connectivity index (χ3n) is 6.51. The Kier molecular flexibility index (Phi) is 8.00. The summed E-state index contributed by atoms with van der Waals surface area (Å²) in [5.74, 6) is 3.10. The molecule has 0 saturated carbocycles. The molecule has 0 spiro atoms. The Labute approximate surface area is 187 Å².